The number of hydrogen-bond acceptors (Lipinski definition) is 2. The molecule has 1 aliphatic heterocycles. The van der Waals surface area contributed by atoms with Crippen molar-refractivity contribution in [3.63, 3.8) is 0 Å². The van der Waals surface area contributed by atoms with Crippen LogP contribution in [-0.2, 0) is 4.79 Å². The van der Waals surface area contributed by atoms with Crippen molar-refractivity contribution in [3.8, 4) is 0 Å². The maximum atomic E-state index is 14.2. The van der Waals surface area contributed by atoms with Crippen LogP contribution in [0.25, 0.3) is 0 Å². The fourth-order valence-corrected chi connectivity index (χ4v) is 2.98. The fourth-order valence-electron chi connectivity index (χ4n) is 2.43. The maximum absolute atomic E-state index is 14.2. The Morgan fingerprint density at radius 2 is 2.22 bits per heavy atom. The third kappa shape index (κ3) is 2.29. The largest absolute Gasteiger partial charge is 0.481 e. The van der Waals surface area contributed by atoms with E-state index in [0.29, 0.717) is 24.1 Å². The summed E-state index contributed by atoms with van der Waals surface area (Å²) in [6.07, 6.45) is 0.434. The molecule has 1 fully saturated rings. The number of carboxylic acid groups (broad SMARTS) is 1. The number of benzene rings is 1. The molecule has 2 N–H and O–H groups in total. The van der Waals surface area contributed by atoms with Gasteiger partial charge in [-0.25, -0.2) is 4.39 Å². The minimum atomic E-state index is -0.824. The van der Waals surface area contributed by atoms with Gasteiger partial charge in [0.15, 0.2) is 0 Å². The summed E-state index contributed by atoms with van der Waals surface area (Å²) in [7, 11) is 0. The molecule has 3 nitrogen and oxygen atoms in total. The molecule has 2 atom stereocenters. The van der Waals surface area contributed by atoms with Crippen molar-refractivity contribution >= 4 is 21.9 Å². The minimum absolute atomic E-state index is 0.220. The zero-order valence-electron chi connectivity index (χ0n) is 10.3. The summed E-state index contributed by atoms with van der Waals surface area (Å²) in [4.78, 5) is 10.9. The summed E-state index contributed by atoms with van der Waals surface area (Å²) >= 11 is 3.41. The molecule has 1 saturated heterocycles. The van der Waals surface area contributed by atoms with E-state index >= 15 is 0 Å². The van der Waals surface area contributed by atoms with Gasteiger partial charge in [-0.2, -0.15) is 0 Å². The molecule has 1 aliphatic rings. The summed E-state index contributed by atoms with van der Waals surface area (Å²) in [6.45, 7) is 3.95. The van der Waals surface area contributed by atoms with E-state index < -0.39 is 11.9 Å². The number of hydrogen-bond donors (Lipinski definition) is 2. The monoisotopic (exact) mass is 315 g/mol. The molecule has 5 heteroatoms. The molecule has 0 radical (unpaired) electrons. The smallest absolute Gasteiger partial charge is 0.307 e. The Morgan fingerprint density at radius 3 is 2.78 bits per heavy atom. The first-order valence-electron chi connectivity index (χ1n) is 5.83. The standard InChI is InChI=1S/C13H15BrFNO2/c1-6-3-9(14)7(2)11(12(6)15)10-4-8(5-16-10)13(17)18/h3,8,10,16H,4-5H2,1-2H3,(H,17,18). The maximum Gasteiger partial charge on any atom is 0.307 e. The molecule has 0 aromatic heterocycles. The number of carboxylic acids is 1. The van der Waals surface area contributed by atoms with Crippen molar-refractivity contribution < 1.29 is 14.3 Å². The normalized spacial score (nSPS) is 23.3. The van der Waals surface area contributed by atoms with Gasteiger partial charge in [0.2, 0.25) is 0 Å². The third-order valence-corrected chi connectivity index (χ3v) is 4.34. The zero-order valence-corrected chi connectivity index (χ0v) is 11.8. The van der Waals surface area contributed by atoms with Crippen LogP contribution < -0.4 is 5.32 Å². The number of rotatable bonds is 2. The average molecular weight is 316 g/mol. The predicted octanol–water partition coefficient (Wildman–Crippen LogP) is 2.94. The molecule has 0 spiro atoms. The summed E-state index contributed by atoms with van der Waals surface area (Å²) in [5, 5.41) is 12.1. The molecule has 0 saturated carbocycles. The molecular formula is C13H15BrFNO2. The van der Waals surface area contributed by atoms with Gasteiger partial charge in [-0.05, 0) is 37.5 Å². The number of halogens is 2. The molecule has 0 bridgehead atoms. The van der Waals surface area contributed by atoms with Crippen molar-refractivity contribution in [3.05, 3.63) is 33.0 Å². The number of carbonyl (C=O) groups is 1. The highest BCUT2D eigenvalue weighted by atomic mass is 79.9. The van der Waals surface area contributed by atoms with Crippen LogP contribution in [0.3, 0.4) is 0 Å². The second-order valence-electron chi connectivity index (χ2n) is 4.76. The van der Waals surface area contributed by atoms with Gasteiger partial charge in [0.1, 0.15) is 5.82 Å². The van der Waals surface area contributed by atoms with Crippen molar-refractivity contribution in [2.24, 2.45) is 5.92 Å². The van der Waals surface area contributed by atoms with Crippen LogP contribution in [0.1, 0.15) is 29.2 Å². The van der Waals surface area contributed by atoms with E-state index in [-0.39, 0.29) is 11.9 Å². The van der Waals surface area contributed by atoms with E-state index in [0.717, 1.165) is 10.0 Å². The molecule has 0 aliphatic carbocycles. The first kappa shape index (κ1) is 13.5. The number of aliphatic carboxylic acids is 1. The van der Waals surface area contributed by atoms with Crippen LogP contribution in [-0.4, -0.2) is 17.6 Å². The van der Waals surface area contributed by atoms with Crippen molar-refractivity contribution in [1.82, 2.24) is 5.32 Å². The summed E-state index contributed by atoms with van der Waals surface area (Å²) in [5.41, 5.74) is 2.00. The van der Waals surface area contributed by atoms with Gasteiger partial charge in [0.05, 0.1) is 5.92 Å². The molecule has 98 valence electrons. The van der Waals surface area contributed by atoms with Crippen LogP contribution in [0.4, 0.5) is 4.39 Å². The number of aryl methyl sites for hydroxylation is 1. The summed E-state index contributed by atoms with van der Waals surface area (Å²) in [6, 6.07) is 1.53. The molecule has 2 unspecified atom stereocenters. The van der Waals surface area contributed by atoms with Crippen LogP contribution in [0.15, 0.2) is 10.5 Å². The lowest BCUT2D eigenvalue weighted by molar-refractivity contribution is -0.141. The molecular weight excluding hydrogens is 301 g/mol. The second-order valence-corrected chi connectivity index (χ2v) is 5.61. The van der Waals surface area contributed by atoms with E-state index in [2.05, 4.69) is 21.2 Å². The summed E-state index contributed by atoms with van der Waals surface area (Å²) < 4.78 is 15.1. The molecule has 2 rings (SSSR count). The van der Waals surface area contributed by atoms with E-state index in [1.54, 1.807) is 13.0 Å². The van der Waals surface area contributed by atoms with Gasteiger partial charge in [-0.1, -0.05) is 15.9 Å². The SMILES string of the molecule is Cc1cc(Br)c(C)c(C2CC(C(=O)O)CN2)c1F. The van der Waals surface area contributed by atoms with Gasteiger partial charge in [0, 0.05) is 22.6 Å². The Labute approximate surface area is 114 Å². The molecule has 18 heavy (non-hydrogen) atoms. The average Bonchev–Trinajstić information content (AvgIpc) is 2.76. The lowest BCUT2D eigenvalue weighted by atomic mass is 9.94. The summed E-state index contributed by atoms with van der Waals surface area (Å²) in [5.74, 6) is -1.50. The highest BCUT2D eigenvalue weighted by Crippen LogP contribution is 2.35. The lowest BCUT2D eigenvalue weighted by Crippen LogP contribution is -2.18. The van der Waals surface area contributed by atoms with E-state index in [1.807, 2.05) is 6.92 Å². The van der Waals surface area contributed by atoms with Crippen molar-refractivity contribution in [1.29, 1.82) is 0 Å². The topological polar surface area (TPSA) is 49.3 Å². The van der Waals surface area contributed by atoms with Crippen LogP contribution in [0.2, 0.25) is 0 Å². The number of nitrogens with one attached hydrogen (secondary N) is 1. The van der Waals surface area contributed by atoms with E-state index in [1.165, 1.54) is 0 Å². The lowest BCUT2D eigenvalue weighted by Gasteiger charge is -2.17. The van der Waals surface area contributed by atoms with Crippen LogP contribution >= 0.6 is 15.9 Å². The quantitative estimate of drug-likeness (QED) is 0.882. The Kier molecular flexibility index (Phi) is 3.73. The van der Waals surface area contributed by atoms with Gasteiger partial charge in [-0.15, -0.1) is 0 Å². The van der Waals surface area contributed by atoms with Crippen LogP contribution in [0.5, 0.6) is 0 Å². The van der Waals surface area contributed by atoms with E-state index in [4.69, 9.17) is 5.11 Å². The highest BCUT2D eigenvalue weighted by molar-refractivity contribution is 9.10. The van der Waals surface area contributed by atoms with E-state index in [9.17, 15) is 9.18 Å². The first-order chi connectivity index (χ1) is 8.41. The first-order valence-corrected chi connectivity index (χ1v) is 6.62. The zero-order chi connectivity index (χ0) is 13.4. The minimum Gasteiger partial charge on any atom is -0.481 e. The Hall–Kier alpha value is -0.940. The second kappa shape index (κ2) is 4.97. The van der Waals surface area contributed by atoms with Gasteiger partial charge >= 0.3 is 5.97 Å². The Balaban J connectivity index is 2.38. The highest BCUT2D eigenvalue weighted by Gasteiger charge is 2.33. The molecule has 1 heterocycles. The van der Waals surface area contributed by atoms with Gasteiger partial charge in [0.25, 0.3) is 0 Å². The van der Waals surface area contributed by atoms with Gasteiger partial charge in [-0.3, -0.25) is 4.79 Å². The molecule has 1 aromatic carbocycles. The fraction of sp³-hybridized carbons (Fsp3) is 0.462. The Bertz CT molecular complexity index is 478. The molecule has 1 aromatic rings. The van der Waals surface area contributed by atoms with Crippen molar-refractivity contribution in [2.75, 3.05) is 6.54 Å². The molecule has 0 amide bonds. The Morgan fingerprint density at radius 1 is 1.56 bits per heavy atom. The third-order valence-electron chi connectivity index (χ3n) is 3.52. The van der Waals surface area contributed by atoms with Gasteiger partial charge < -0.3 is 10.4 Å². The van der Waals surface area contributed by atoms with Crippen LogP contribution in [0, 0.1) is 25.6 Å². The predicted molar refractivity (Wildman–Crippen MR) is 70.1 cm³/mol. The van der Waals surface area contributed by atoms with Crippen molar-refractivity contribution in [2.45, 2.75) is 26.3 Å².